The van der Waals surface area contributed by atoms with Gasteiger partial charge in [-0.15, -0.1) is 0 Å². The molecule has 2 N–H and O–H groups in total. The van der Waals surface area contributed by atoms with Gasteiger partial charge in [-0.3, -0.25) is 0 Å². The van der Waals surface area contributed by atoms with Crippen LogP contribution < -0.4 is 0 Å². The van der Waals surface area contributed by atoms with Crippen LogP contribution in [-0.4, -0.2) is 64.9 Å². The molecule has 0 unspecified atom stereocenters. The smallest absolute Gasteiger partial charge is 0.465 e. The first-order valence-electron chi connectivity index (χ1n) is 2.32. The van der Waals surface area contributed by atoms with Crippen molar-refractivity contribution in [2.45, 2.75) is 12.1 Å². The molecule has 0 rings (SSSR count). The van der Waals surface area contributed by atoms with E-state index in [0.717, 1.165) is 7.11 Å². The molecule has 0 aliphatic carbocycles. The van der Waals surface area contributed by atoms with E-state index in [-0.39, 0.29) is 29.6 Å². The summed E-state index contributed by atoms with van der Waals surface area (Å²) in [6, 6.07) is 0. The van der Waals surface area contributed by atoms with E-state index >= 15 is 0 Å². The van der Waals surface area contributed by atoms with Gasteiger partial charge in [0, 0.05) is 36.7 Å². The van der Waals surface area contributed by atoms with Gasteiger partial charge in [0.1, 0.15) is 0 Å². The van der Waals surface area contributed by atoms with Crippen LogP contribution in [0, 0.1) is 0 Å². The maximum atomic E-state index is 11.3. The van der Waals surface area contributed by atoms with Crippen LogP contribution in [0.15, 0.2) is 0 Å². The summed E-state index contributed by atoms with van der Waals surface area (Å²) in [5.41, 5.74) is 0. The van der Waals surface area contributed by atoms with Crippen LogP contribution in [0.1, 0.15) is 0 Å². The van der Waals surface area contributed by atoms with E-state index in [1.165, 1.54) is 0 Å². The minimum Gasteiger partial charge on any atom is -0.477 e. The van der Waals surface area contributed by atoms with Crippen LogP contribution >= 0.6 is 0 Å². The van der Waals surface area contributed by atoms with Crippen molar-refractivity contribution in [1.82, 2.24) is 0 Å². The Morgan fingerprint density at radius 1 is 1.08 bits per heavy atom. The van der Waals surface area contributed by atoms with Gasteiger partial charge in [0.2, 0.25) is 0 Å². The number of carbonyl (C=O) groups is 1. The number of alkyl halides is 5. The molecule has 9 heteroatoms. The van der Waals surface area contributed by atoms with Crippen LogP contribution in [-0.2, 0) is 4.79 Å². The topological polar surface area (TPSA) is 57.5 Å². The molecular formula is C4H5F5NaO3. The third kappa shape index (κ3) is 5.40. The number of halogens is 5. The van der Waals surface area contributed by atoms with E-state index in [9.17, 15) is 26.7 Å². The predicted molar refractivity (Wildman–Crippen MR) is 32.5 cm³/mol. The fourth-order valence-corrected chi connectivity index (χ4v) is 0.121. The van der Waals surface area contributed by atoms with Gasteiger partial charge >= 0.3 is 18.1 Å². The molecule has 0 aromatic heterocycles. The first-order valence-corrected chi connectivity index (χ1v) is 2.32. The quantitative estimate of drug-likeness (QED) is 0.498. The zero-order valence-electron chi connectivity index (χ0n) is 6.69. The van der Waals surface area contributed by atoms with Crippen molar-refractivity contribution < 1.29 is 37.0 Å². The average molecular weight is 219 g/mol. The molecule has 0 saturated heterocycles. The molecule has 0 bridgehead atoms. The van der Waals surface area contributed by atoms with E-state index in [4.69, 9.17) is 10.2 Å². The number of carboxylic acids is 1. The molecule has 13 heavy (non-hydrogen) atoms. The van der Waals surface area contributed by atoms with Crippen molar-refractivity contribution >= 4 is 35.5 Å². The molecule has 0 aromatic rings. The molecule has 0 saturated carbocycles. The monoisotopic (exact) mass is 219 g/mol. The third-order valence-corrected chi connectivity index (χ3v) is 0.625. The molecule has 0 fully saturated rings. The summed E-state index contributed by atoms with van der Waals surface area (Å²) in [4.78, 5) is 9.20. The zero-order chi connectivity index (χ0) is 10.6. The number of carboxylic acid groups (broad SMARTS) is 1. The number of rotatable bonds is 1. The van der Waals surface area contributed by atoms with Crippen molar-refractivity contribution in [3.63, 3.8) is 0 Å². The van der Waals surface area contributed by atoms with E-state index in [1.807, 2.05) is 0 Å². The van der Waals surface area contributed by atoms with E-state index in [0.29, 0.717) is 0 Å². The molecule has 3 nitrogen and oxygen atoms in total. The maximum Gasteiger partial charge on any atom is 0.465 e. The SMILES string of the molecule is CO.O=C(O)C(F)(F)C(F)(F)F.[Na]. The van der Waals surface area contributed by atoms with Crippen LogP contribution in [0.2, 0.25) is 0 Å². The Kier molecular flexibility index (Phi) is 9.42. The second kappa shape index (κ2) is 6.52. The van der Waals surface area contributed by atoms with Crippen molar-refractivity contribution in [3.8, 4) is 0 Å². The van der Waals surface area contributed by atoms with Gasteiger partial charge in [-0.25, -0.2) is 4.79 Å². The van der Waals surface area contributed by atoms with Gasteiger partial charge < -0.3 is 10.2 Å². The average Bonchev–Trinajstić information content (AvgIpc) is 1.89. The number of hydrogen-bond acceptors (Lipinski definition) is 2. The molecular weight excluding hydrogens is 214 g/mol. The maximum absolute atomic E-state index is 11.3. The summed E-state index contributed by atoms with van der Waals surface area (Å²) in [5.74, 6) is -8.84. The van der Waals surface area contributed by atoms with Gasteiger partial charge in [0.25, 0.3) is 0 Å². The predicted octanol–water partition coefficient (Wildman–Crippen LogP) is 0.496. The van der Waals surface area contributed by atoms with Crippen molar-refractivity contribution in [1.29, 1.82) is 0 Å². The standard InChI is InChI=1S/C3HF5O2.CH4O.Na/c4-2(5,1(9)10)3(6,7)8;1-2;/h(H,9,10);2H,1H3;. The largest absolute Gasteiger partial charge is 0.477 e. The van der Waals surface area contributed by atoms with Crippen molar-refractivity contribution in [3.05, 3.63) is 0 Å². The summed E-state index contributed by atoms with van der Waals surface area (Å²) in [6.45, 7) is 0. The Bertz CT molecular complexity index is 156. The van der Waals surface area contributed by atoms with Crippen molar-refractivity contribution in [2.75, 3.05) is 7.11 Å². The Balaban J connectivity index is -0.000000309. The van der Waals surface area contributed by atoms with E-state index in [2.05, 4.69) is 0 Å². The fraction of sp³-hybridized carbons (Fsp3) is 0.750. The Morgan fingerprint density at radius 2 is 1.31 bits per heavy atom. The van der Waals surface area contributed by atoms with Gasteiger partial charge in [-0.1, -0.05) is 0 Å². The molecule has 0 heterocycles. The second-order valence-electron chi connectivity index (χ2n) is 1.38. The molecule has 75 valence electrons. The molecule has 1 radical (unpaired) electrons. The first kappa shape index (κ1) is 18.8. The second-order valence-corrected chi connectivity index (χ2v) is 1.38. The molecule has 0 aliphatic heterocycles. The molecule has 0 aromatic carbocycles. The summed E-state index contributed by atoms with van der Waals surface area (Å²) in [6.07, 6.45) is -6.02. The van der Waals surface area contributed by atoms with E-state index in [1.54, 1.807) is 0 Å². The minimum absolute atomic E-state index is 0. The van der Waals surface area contributed by atoms with Gasteiger partial charge in [-0.2, -0.15) is 22.0 Å². The Labute approximate surface area is 91.8 Å². The molecule has 0 aliphatic rings. The van der Waals surface area contributed by atoms with Gasteiger partial charge in [0.05, 0.1) is 0 Å². The number of aliphatic hydroxyl groups is 1. The zero-order valence-corrected chi connectivity index (χ0v) is 8.69. The van der Waals surface area contributed by atoms with Crippen LogP contribution in [0.4, 0.5) is 22.0 Å². The molecule has 0 spiro atoms. The number of aliphatic carboxylic acids is 1. The first-order chi connectivity index (χ1) is 5.19. The van der Waals surface area contributed by atoms with E-state index < -0.39 is 18.1 Å². The van der Waals surface area contributed by atoms with Gasteiger partial charge in [-0.05, 0) is 0 Å². The fourth-order valence-electron chi connectivity index (χ4n) is 0.121. The van der Waals surface area contributed by atoms with Crippen molar-refractivity contribution in [2.24, 2.45) is 0 Å². The Morgan fingerprint density at radius 3 is 1.31 bits per heavy atom. The summed E-state index contributed by atoms with van der Waals surface area (Å²) >= 11 is 0. The molecule has 0 atom stereocenters. The van der Waals surface area contributed by atoms with Crippen LogP contribution in [0.25, 0.3) is 0 Å². The van der Waals surface area contributed by atoms with Crippen LogP contribution in [0.3, 0.4) is 0 Å². The van der Waals surface area contributed by atoms with Crippen LogP contribution in [0.5, 0.6) is 0 Å². The third-order valence-electron chi connectivity index (χ3n) is 0.625. The van der Waals surface area contributed by atoms with Gasteiger partial charge in [0.15, 0.2) is 0 Å². The summed E-state index contributed by atoms with van der Waals surface area (Å²) in [5, 5.41) is 14.3. The number of hydrogen-bond donors (Lipinski definition) is 2. The number of aliphatic hydroxyl groups excluding tert-OH is 1. The molecule has 0 amide bonds. The Hall–Kier alpha value is 0.0800. The summed E-state index contributed by atoms with van der Waals surface area (Å²) in [7, 11) is 1.00. The summed E-state index contributed by atoms with van der Waals surface area (Å²) < 4.78 is 55.5. The normalized spacial score (nSPS) is 10.7. The minimum atomic E-state index is -6.02.